The largest absolute Gasteiger partial charge is 0.398 e. The number of rotatable bonds is 5. The lowest BCUT2D eigenvalue weighted by molar-refractivity contribution is 0.175. The molecule has 0 spiro atoms. The summed E-state index contributed by atoms with van der Waals surface area (Å²) in [7, 11) is -3.63. The van der Waals surface area contributed by atoms with Crippen molar-refractivity contribution in [3.63, 3.8) is 0 Å². The number of halogens is 1. The molecule has 1 aromatic carbocycles. The van der Waals surface area contributed by atoms with Crippen LogP contribution in [-0.2, 0) is 10.0 Å². The van der Waals surface area contributed by atoms with E-state index >= 15 is 0 Å². The van der Waals surface area contributed by atoms with Gasteiger partial charge in [-0.05, 0) is 51.1 Å². The maximum atomic E-state index is 12.3. The number of nitrogens with zero attached hydrogens (tertiary/aromatic N) is 1. The molecule has 1 saturated heterocycles. The fourth-order valence-electron chi connectivity index (χ4n) is 2.54. The molecular weight excluding hydrogens is 310 g/mol. The van der Waals surface area contributed by atoms with E-state index in [2.05, 4.69) is 9.62 Å². The highest BCUT2D eigenvalue weighted by Gasteiger charge is 2.21. The Morgan fingerprint density at radius 3 is 2.67 bits per heavy atom. The molecule has 0 aromatic heterocycles. The van der Waals surface area contributed by atoms with Gasteiger partial charge in [0.25, 0.3) is 0 Å². The molecule has 0 saturated carbocycles. The summed E-state index contributed by atoms with van der Waals surface area (Å²) in [5, 5.41) is 0.355. The molecule has 0 radical (unpaired) electrons. The van der Waals surface area contributed by atoms with Crippen LogP contribution in [-0.4, -0.2) is 39.0 Å². The summed E-state index contributed by atoms with van der Waals surface area (Å²) < 4.78 is 27.3. The van der Waals surface area contributed by atoms with Crippen molar-refractivity contribution in [1.29, 1.82) is 0 Å². The van der Waals surface area contributed by atoms with Gasteiger partial charge in [-0.1, -0.05) is 18.0 Å². The zero-order valence-corrected chi connectivity index (χ0v) is 13.8. The number of sulfonamides is 1. The Labute approximate surface area is 131 Å². The average molecular weight is 332 g/mol. The van der Waals surface area contributed by atoms with Crippen LogP contribution in [0.15, 0.2) is 23.1 Å². The van der Waals surface area contributed by atoms with E-state index in [0.29, 0.717) is 11.6 Å². The zero-order chi connectivity index (χ0) is 15.5. The minimum Gasteiger partial charge on any atom is -0.398 e. The van der Waals surface area contributed by atoms with E-state index in [1.807, 2.05) is 6.92 Å². The second kappa shape index (κ2) is 6.96. The van der Waals surface area contributed by atoms with E-state index < -0.39 is 10.0 Å². The molecule has 1 aromatic rings. The molecule has 5 nitrogen and oxygen atoms in total. The molecule has 0 amide bonds. The highest BCUT2D eigenvalue weighted by molar-refractivity contribution is 7.89. The second-order valence-corrected chi connectivity index (χ2v) is 7.65. The standard InChI is InChI=1S/C14H22ClN3O2S/c1-11(18-7-3-2-4-8-18)10-17-21(19,20)14-9-12(15)5-6-13(14)16/h5-6,9,11,17H,2-4,7-8,10,16H2,1H3. The van der Waals surface area contributed by atoms with Gasteiger partial charge in [-0.25, -0.2) is 13.1 Å². The first kappa shape index (κ1) is 16.5. The molecule has 2 rings (SSSR count). The van der Waals surface area contributed by atoms with Crippen LogP contribution in [0.4, 0.5) is 5.69 Å². The number of anilines is 1. The van der Waals surface area contributed by atoms with Crippen molar-refractivity contribution < 1.29 is 8.42 Å². The van der Waals surface area contributed by atoms with Crippen LogP contribution < -0.4 is 10.5 Å². The van der Waals surface area contributed by atoms with Crippen molar-refractivity contribution in [3.8, 4) is 0 Å². The zero-order valence-electron chi connectivity index (χ0n) is 12.2. The predicted molar refractivity (Wildman–Crippen MR) is 85.9 cm³/mol. The lowest BCUT2D eigenvalue weighted by Gasteiger charge is -2.32. The van der Waals surface area contributed by atoms with Gasteiger partial charge in [-0.3, -0.25) is 4.90 Å². The number of nitrogens with one attached hydrogen (secondary N) is 1. The van der Waals surface area contributed by atoms with Crippen molar-refractivity contribution in [1.82, 2.24) is 9.62 Å². The predicted octanol–water partition coefficient (Wildman–Crippen LogP) is 2.07. The first-order valence-electron chi connectivity index (χ1n) is 7.19. The maximum absolute atomic E-state index is 12.3. The number of likely N-dealkylation sites (tertiary alicyclic amines) is 1. The van der Waals surface area contributed by atoms with E-state index in [1.54, 1.807) is 6.07 Å². The molecule has 0 aliphatic carbocycles. The Morgan fingerprint density at radius 2 is 2.00 bits per heavy atom. The Kier molecular flexibility index (Phi) is 5.48. The lowest BCUT2D eigenvalue weighted by Crippen LogP contribution is -2.44. The number of piperidine rings is 1. The summed E-state index contributed by atoms with van der Waals surface area (Å²) in [4.78, 5) is 2.36. The summed E-state index contributed by atoms with van der Waals surface area (Å²) in [6.45, 7) is 4.47. The third kappa shape index (κ3) is 4.32. The summed E-state index contributed by atoms with van der Waals surface area (Å²) in [6, 6.07) is 4.63. The third-order valence-corrected chi connectivity index (χ3v) is 5.56. The van der Waals surface area contributed by atoms with Gasteiger partial charge in [0.2, 0.25) is 10.0 Å². The number of nitrogens with two attached hydrogens (primary N) is 1. The van der Waals surface area contributed by atoms with Gasteiger partial charge in [-0.15, -0.1) is 0 Å². The molecule has 0 bridgehead atoms. The summed E-state index contributed by atoms with van der Waals surface area (Å²) in [5.41, 5.74) is 5.94. The number of hydrogen-bond donors (Lipinski definition) is 2. The Bertz CT molecular complexity index is 586. The van der Waals surface area contributed by atoms with Crippen molar-refractivity contribution in [2.24, 2.45) is 0 Å². The van der Waals surface area contributed by atoms with Crippen molar-refractivity contribution >= 4 is 27.3 Å². The summed E-state index contributed by atoms with van der Waals surface area (Å²) in [5.74, 6) is 0. The Morgan fingerprint density at radius 1 is 1.33 bits per heavy atom. The highest BCUT2D eigenvalue weighted by Crippen LogP contribution is 2.22. The minimum absolute atomic E-state index is 0.0424. The van der Waals surface area contributed by atoms with Gasteiger partial charge in [0.05, 0.1) is 5.69 Å². The molecule has 118 valence electrons. The smallest absolute Gasteiger partial charge is 0.242 e. The second-order valence-electron chi connectivity index (χ2n) is 5.48. The van der Waals surface area contributed by atoms with Crippen molar-refractivity contribution in [2.45, 2.75) is 37.1 Å². The molecule has 7 heteroatoms. The molecule has 1 fully saturated rings. The van der Waals surface area contributed by atoms with Crippen LogP contribution in [0.2, 0.25) is 5.02 Å². The maximum Gasteiger partial charge on any atom is 0.242 e. The van der Waals surface area contributed by atoms with Crippen molar-refractivity contribution in [2.75, 3.05) is 25.4 Å². The van der Waals surface area contributed by atoms with Gasteiger partial charge >= 0.3 is 0 Å². The molecule has 1 unspecified atom stereocenters. The van der Waals surface area contributed by atoms with Crippen LogP contribution in [0, 0.1) is 0 Å². The first-order chi connectivity index (χ1) is 9.90. The normalized spacial score (nSPS) is 18.6. The van der Waals surface area contributed by atoms with Crippen LogP contribution in [0.1, 0.15) is 26.2 Å². The number of nitrogen functional groups attached to an aromatic ring is 1. The molecule has 3 N–H and O–H groups in total. The van der Waals surface area contributed by atoms with Gasteiger partial charge in [0, 0.05) is 17.6 Å². The fourth-order valence-corrected chi connectivity index (χ4v) is 4.05. The highest BCUT2D eigenvalue weighted by atomic mass is 35.5. The summed E-state index contributed by atoms with van der Waals surface area (Å²) in [6.07, 6.45) is 3.62. The van der Waals surface area contributed by atoms with Gasteiger partial charge in [-0.2, -0.15) is 0 Å². The molecule has 21 heavy (non-hydrogen) atoms. The fraction of sp³-hybridized carbons (Fsp3) is 0.571. The molecular formula is C14H22ClN3O2S. The average Bonchev–Trinajstić information content (AvgIpc) is 2.48. The van der Waals surface area contributed by atoms with E-state index in [-0.39, 0.29) is 16.6 Å². The Balaban J connectivity index is 2.02. The van der Waals surface area contributed by atoms with E-state index in [4.69, 9.17) is 17.3 Å². The van der Waals surface area contributed by atoms with Crippen molar-refractivity contribution in [3.05, 3.63) is 23.2 Å². The number of benzene rings is 1. The molecule has 1 atom stereocenters. The monoisotopic (exact) mass is 331 g/mol. The quantitative estimate of drug-likeness (QED) is 0.810. The van der Waals surface area contributed by atoms with Crippen LogP contribution in [0.5, 0.6) is 0 Å². The lowest BCUT2D eigenvalue weighted by atomic mass is 10.1. The third-order valence-electron chi connectivity index (χ3n) is 3.85. The molecule has 1 heterocycles. The van der Waals surface area contributed by atoms with Gasteiger partial charge in [0.1, 0.15) is 4.90 Å². The van der Waals surface area contributed by atoms with Crippen LogP contribution in [0.25, 0.3) is 0 Å². The van der Waals surface area contributed by atoms with Crippen LogP contribution >= 0.6 is 11.6 Å². The Hall–Kier alpha value is -0.820. The summed E-state index contributed by atoms with van der Waals surface area (Å²) >= 11 is 5.85. The van der Waals surface area contributed by atoms with Gasteiger partial charge in [0.15, 0.2) is 0 Å². The molecule has 1 aliphatic rings. The molecule has 1 aliphatic heterocycles. The van der Waals surface area contributed by atoms with E-state index in [0.717, 1.165) is 13.1 Å². The van der Waals surface area contributed by atoms with E-state index in [1.165, 1.54) is 31.4 Å². The van der Waals surface area contributed by atoms with Crippen LogP contribution in [0.3, 0.4) is 0 Å². The minimum atomic E-state index is -3.63. The number of hydrogen-bond acceptors (Lipinski definition) is 4. The SMILES string of the molecule is CC(CNS(=O)(=O)c1cc(Cl)ccc1N)N1CCCCC1. The van der Waals surface area contributed by atoms with Gasteiger partial charge < -0.3 is 5.73 Å². The topological polar surface area (TPSA) is 75.4 Å². The first-order valence-corrected chi connectivity index (χ1v) is 9.05. The van der Waals surface area contributed by atoms with E-state index in [9.17, 15) is 8.42 Å².